The maximum atomic E-state index is 14.3. The first-order chi connectivity index (χ1) is 35.4. The highest BCUT2D eigenvalue weighted by Gasteiger charge is 2.65. The summed E-state index contributed by atoms with van der Waals surface area (Å²) in [4.78, 5) is 28.0. The highest BCUT2D eigenvalue weighted by Crippen LogP contribution is 2.67. The third kappa shape index (κ3) is 9.80. The molecule has 0 amide bonds. The van der Waals surface area contributed by atoms with Crippen molar-refractivity contribution in [2.45, 2.75) is 74.3 Å². The minimum Gasteiger partial charge on any atom is -0.339 e. The number of imidazole rings is 2. The maximum Gasteiger partial charge on any atom is 0.206 e. The van der Waals surface area contributed by atoms with E-state index in [-0.39, 0.29) is 20.9 Å². The molecule has 12 nitrogen and oxygen atoms in total. The lowest BCUT2D eigenvalue weighted by Crippen LogP contribution is -2.45. The van der Waals surface area contributed by atoms with Gasteiger partial charge in [0.25, 0.3) is 0 Å². The highest BCUT2D eigenvalue weighted by atomic mass is 35.5. The number of piperazine rings is 2. The lowest BCUT2D eigenvalue weighted by Gasteiger charge is -2.34. The molecule has 73 heavy (non-hydrogen) atoms. The first-order valence-electron chi connectivity index (χ1n) is 26.4. The molecule has 4 saturated carbocycles. The van der Waals surface area contributed by atoms with Crippen LogP contribution in [0.25, 0.3) is 22.1 Å². The molecule has 0 bridgehead atoms. The number of nitrogens with zero attached hydrogens (tertiary/aromatic N) is 11. The average molecular weight is 1030 g/mol. The Hall–Kier alpha value is -5.32. The molecule has 2 saturated heterocycles. The molecule has 1 N–H and O–H groups in total. The summed E-state index contributed by atoms with van der Waals surface area (Å²) in [6, 6.07) is 27.9. The normalized spacial score (nSPS) is 26.0. The van der Waals surface area contributed by atoms with Crippen molar-refractivity contribution in [1.29, 1.82) is 10.5 Å². The molecule has 2 aliphatic heterocycles. The van der Waals surface area contributed by atoms with E-state index in [0.29, 0.717) is 40.5 Å². The summed E-state index contributed by atoms with van der Waals surface area (Å²) >= 11 is 12.2. The van der Waals surface area contributed by atoms with Crippen LogP contribution in [0.3, 0.4) is 0 Å². The van der Waals surface area contributed by atoms with Crippen LogP contribution >= 0.6 is 23.2 Å². The number of hydrogen-bond donors (Lipinski definition) is 1. The zero-order valence-electron chi connectivity index (χ0n) is 42.3. The van der Waals surface area contributed by atoms with Gasteiger partial charge >= 0.3 is 0 Å². The number of anilines is 2. The zero-order valence-corrected chi connectivity index (χ0v) is 43.8. The van der Waals surface area contributed by atoms with Gasteiger partial charge in [0.15, 0.2) is 0 Å². The fourth-order valence-corrected chi connectivity index (χ4v) is 13.7. The van der Waals surface area contributed by atoms with E-state index in [2.05, 4.69) is 89.4 Å². The molecule has 0 spiro atoms. The van der Waals surface area contributed by atoms with Crippen LogP contribution in [0.15, 0.2) is 72.8 Å². The number of aryl methyl sites for hydroxylation is 1. The smallest absolute Gasteiger partial charge is 0.206 e. The van der Waals surface area contributed by atoms with E-state index in [4.69, 9.17) is 33.2 Å². The minimum atomic E-state index is -0.431. The molecule has 4 aliphatic carbocycles. The zero-order chi connectivity index (χ0) is 50.6. The molecule has 6 atom stereocenters. The molecular formula is C57H66Cl2F2N12. The summed E-state index contributed by atoms with van der Waals surface area (Å²) in [7, 11) is 6.39. The number of aromatic amines is 1. The summed E-state index contributed by atoms with van der Waals surface area (Å²) in [6.45, 7) is 12.9. The van der Waals surface area contributed by atoms with Crippen LogP contribution in [0.1, 0.15) is 73.6 Å². The van der Waals surface area contributed by atoms with Crippen molar-refractivity contribution in [2.75, 3.05) is 102 Å². The minimum absolute atomic E-state index is 0.0987. The topological polar surface area (TPSA) is 114 Å². The van der Waals surface area contributed by atoms with Gasteiger partial charge in [-0.3, -0.25) is 0 Å². The number of nitriles is 2. The predicted octanol–water partition coefficient (Wildman–Crippen LogP) is 9.59. The first kappa shape index (κ1) is 49.9. The Morgan fingerprint density at radius 1 is 0.658 bits per heavy atom. The van der Waals surface area contributed by atoms with Crippen molar-refractivity contribution in [1.82, 2.24) is 39.1 Å². The summed E-state index contributed by atoms with van der Waals surface area (Å²) in [6.07, 6.45) is 8.81. The lowest BCUT2D eigenvalue weighted by molar-refractivity contribution is 0.153. The van der Waals surface area contributed by atoms with Gasteiger partial charge in [0.2, 0.25) is 11.9 Å². The van der Waals surface area contributed by atoms with Crippen LogP contribution in [0.2, 0.25) is 10.0 Å². The molecule has 2 unspecified atom stereocenters. The van der Waals surface area contributed by atoms with E-state index < -0.39 is 11.6 Å². The molecule has 6 fully saturated rings. The van der Waals surface area contributed by atoms with E-state index in [1.54, 1.807) is 12.1 Å². The summed E-state index contributed by atoms with van der Waals surface area (Å²) in [5, 5.41) is 19.1. The largest absolute Gasteiger partial charge is 0.339 e. The number of hydrogen-bond acceptors (Lipinski definition) is 10. The number of halogens is 4. The molecule has 12 rings (SSSR count). The number of benzene rings is 4. The molecule has 4 heterocycles. The Kier molecular flexibility index (Phi) is 14.0. The number of aromatic nitrogens is 4. The third-order valence-electron chi connectivity index (χ3n) is 17.8. The number of rotatable bonds is 14. The average Bonchev–Trinajstić information content (AvgIpc) is 4.09. The van der Waals surface area contributed by atoms with E-state index >= 15 is 0 Å². The van der Waals surface area contributed by atoms with E-state index in [0.717, 1.165) is 158 Å². The second kappa shape index (κ2) is 20.4. The van der Waals surface area contributed by atoms with Gasteiger partial charge in [-0.1, -0.05) is 47.5 Å². The van der Waals surface area contributed by atoms with Crippen LogP contribution in [0, 0.1) is 46.1 Å². The molecule has 6 aromatic rings. The molecule has 6 aliphatic rings. The van der Waals surface area contributed by atoms with Crippen LogP contribution in [-0.4, -0.2) is 144 Å². The SMILES string of the molecule is CN1CCN(CCCN(c2nc3cc(Cl)c(F)cc3[nH]2)[C@@H]2CCC3(c4cccc(C#N)c4)C[C@H]23)CC1.CN1CCN(CCCN(c2nc3cc(F)c(Cl)cc3n2C)[C@@H]2CCC3(c4cccc(C#N)c4)C[C@H]23)CC1. The standard InChI is InChI=1S/C29H34ClFN6.C28H32ClFN6/c1-34-11-13-36(14-12-34)9-4-10-37(28-33-25-17-24(31)23(30)16-27(25)35(28)2)26-7-8-29(18-22(26)29)21-6-3-5-20(15-21)19-32;1-34-10-12-35(13-11-34)8-3-9-36(27-32-24-15-22(29)23(30)16-25(24)33-27)26-6-7-28(17-21(26)28)20-5-2-4-19(14-20)18-31/h3,5-6,15-17,22,26H,4,7-14,18H2,1-2H3;2,4-5,14-16,21,26H,3,6-13,17H2,1H3,(H,32,33)/t22-,26-,29?;21-,26-,28?/m11/s1. The van der Waals surface area contributed by atoms with Crippen molar-refractivity contribution in [3.63, 3.8) is 0 Å². The predicted molar refractivity (Wildman–Crippen MR) is 286 cm³/mol. The Bertz CT molecular complexity index is 3040. The monoisotopic (exact) mass is 1030 g/mol. The Morgan fingerprint density at radius 3 is 1.73 bits per heavy atom. The summed E-state index contributed by atoms with van der Waals surface area (Å²) < 4.78 is 30.5. The molecule has 4 aromatic carbocycles. The van der Waals surface area contributed by atoms with Crippen molar-refractivity contribution in [3.05, 3.63) is 117 Å². The molecule has 382 valence electrons. The van der Waals surface area contributed by atoms with Gasteiger partial charge in [0.05, 0.1) is 55.4 Å². The Balaban J connectivity index is 0.000000157. The van der Waals surface area contributed by atoms with Gasteiger partial charge < -0.3 is 39.0 Å². The van der Waals surface area contributed by atoms with Gasteiger partial charge in [0, 0.05) is 108 Å². The molecule has 2 aromatic heterocycles. The van der Waals surface area contributed by atoms with Crippen LogP contribution in [0.4, 0.5) is 20.7 Å². The van der Waals surface area contributed by atoms with E-state index in [1.807, 2.05) is 31.3 Å². The van der Waals surface area contributed by atoms with E-state index in [1.165, 1.54) is 23.3 Å². The fraction of sp³-hybridized carbons (Fsp3) is 0.509. The van der Waals surface area contributed by atoms with Crippen molar-refractivity contribution < 1.29 is 8.78 Å². The Morgan fingerprint density at radius 2 is 1.18 bits per heavy atom. The highest BCUT2D eigenvalue weighted by molar-refractivity contribution is 6.31. The molecule has 0 radical (unpaired) electrons. The first-order valence-corrected chi connectivity index (χ1v) is 27.1. The Labute approximate surface area is 438 Å². The van der Waals surface area contributed by atoms with Gasteiger partial charge in [-0.2, -0.15) is 10.5 Å². The van der Waals surface area contributed by atoms with Crippen LogP contribution in [0.5, 0.6) is 0 Å². The summed E-state index contributed by atoms with van der Waals surface area (Å²) in [5.41, 5.74) is 7.26. The lowest BCUT2D eigenvalue weighted by atomic mass is 9.92. The second-order valence-corrected chi connectivity index (χ2v) is 22.8. The molecular weight excluding hydrogens is 962 g/mol. The quantitative estimate of drug-likeness (QED) is 0.113. The fourth-order valence-electron chi connectivity index (χ4n) is 13.4. The number of nitrogens with one attached hydrogen (secondary N) is 1. The van der Waals surface area contributed by atoms with Crippen molar-refractivity contribution in [2.24, 2.45) is 18.9 Å². The summed E-state index contributed by atoms with van der Waals surface area (Å²) in [5.74, 6) is 1.91. The number of likely N-dealkylation sites (N-methyl/N-ethyl adjacent to an activating group) is 2. The van der Waals surface area contributed by atoms with Gasteiger partial charge in [-0.25, -0.2) is 18.7 Å². The van der Waals surface area contributed by atoms with Gasteiger partial charge in [-0.05, 0) is 138 Å². The van der Waals surface area contributed by atoms with E-state index in [9.17, 15) is 19.3 Å². The molecule has 16 heteroatoms. The maximum absolute atomic E-state index is 14.3. The third-order valence-corrected chi connectivity index (χ3v) is 18.4. The van der Waals surface area contributed by atoms with Gasteiger partial charge in [-0.15, -0.1) is 0 Å². The van der Waals surface area contributed by atoms with Gasteiger partial charge in [0.1, 0.15) is 11.6 Å². The second-order valence-electron chi connectivity index (χ2n) is 22.0. The van der Waals surface area contributed by atoms with Crippen LogP contribution < -0.4 is 9.80 Å². The van der Waals surface area contributed by atoms with Crippen molar-refractivity contribution >= 4 is 57.2 Å². The van der Waals surface area contributed by atoms with Crippen molar-refractivity contribution in [3.8, 4) is 12.1 Å². The number of H-pyrrole nitrogens is 1. The van der Waals surface area contributed by atoms with Crippen LogP contribution in [-0.2, 0) is 17.9 Å². The number of fused-ring (bicyclic) bond motifs is 4.